The van der Waals surface area contributed by atoms with Gasteiger partial charge in [0, 0.05) is 11.9 Å². The summed E-state index contributed by atoms with van der Waals surface area (Å²) in [7, 11) is -3.81. The molecule has 25 heavy (non-hydrogen) atoms. The van der Waals surface area contributed by atoms with Crippen molar-refractivity contribution in [2.75, 3.05) is 5.32 Å². The van der Waals surface area contributed by atoms with Crippen LogP contribution in [0.15, 0.2) is 47.5 Å². The van der Waals surface area contributed by atoms with Crippen molar-refractivity contribution < 1.29 is 22.7 Å². The lowest BCUT2D eigenvalue weighted by Crippen LogP contribution is -2.30. The van der Waals surface area contributed by atoms with Gasteiger partial charge >= 0.3 is 5.97 Å². The van der Waals surface area contributed by atoms with E-state index in [1.165, 1.54) is 49.5 Å². The molecule has 0 aliphatic heterocycles. The van der Waals surface area contributed by atoms with E-state index in [2.05, 4.69) is 10.3 Å². The van der Waals surface area contributed by atoms with Crippen molar-refractivity contribution in [3.8, 4) is 0 Å². The molecule has 0 saturated heterocycles. The van der Waals surface area contributed by atoms with Crippen molar-refractivity contribution in [2.24, 2.45) is 5.14 Å². The number of carbonyl (C=O) groups is 2. The number of hydrogen-bond acceptors (Lipinski definition) is 6. The van der Waals surface area contributed by atoms with Gasteiger partial charge in [-0.3, -0.25) is 4.79 Å². The number of amides is 1. The van der Waals surface area contributed by atoms with E-state index in [9.17, 15) is 18.0 Å². The number of hydrogen-bond donors (Lipinski definition) is 2. The summed E-state index contributed by atoms with van der Waals surface area (Å²) >= 11 is 5.63. The van der Waals surface area contributed by atoms with Crippen LogP contribution in [0.1, 0.15) is 17.3 Å². The zero-order valence-electron chi connectivity index (χ0n) is 13.0. The van der Waals surface area contributed by atoms with Crippen LogP contribution in [-0.2, 0) is 19.6 Å². The SMILES string of the molecule is C[C@@H](OC(=O)c1ccc(Cl)nc1)C(=O)Nc1ccc(S(N)(=O)=O)cc1. The number of sulfonamides is 1. The number of esters is 1. The Morgan fingerprint density at radius 1 is 1.20 bits per heavy atom. The molecule has 3 N–H and O–H groups in total. The molecule has 8 nitrogen and oxygen atoms in total. The molecule has 0 aliphatic carbocycles. The number of rotatable bonds is 5. The maximum Gasteiger partial charge on any atom is 0.340 e. The minimum atomic E-state index is -3.81. The third-order valence-corrected chi connectivity index (χ3v) is 4.22. The molecule has 0 aliphatic rings. The zero-order valence-corrected chi connectivity index (χ0v) is 14.5. The van der Waals surface area contributed by atoms with E-state index in [1.54, 1.807) is 0 Å². The second kappa shape index (κ2) is 7.60. The lowest BCUT2D eigenvalue weighted by Gasteiger charge is -2.13. The van der Waals surface area contributed by atoms with E-state index < -0.39 is 28.0 Å². The summed E-state index contributed by atoms with van der Waals surface area (Å²) in [5, 5.41) is 7.71. The highest BCUT2D eigenvalue weighted by molar-refractivity contribution is 7.89. The van der Waals surface area contributed by atoms with Gasteiger partial charge in [0.1, 0.15) is 5.15 Å². The van der Waals surface area contributed by atoms with Gasteiger partial charge < -0.3 is 10.1 Å². The van der Waals surface area contributed by atoms with Crippen molar-refractivity contribution in [1.29, 1.82) is 0 Å². The Kier molecular flexibility index (Phi) is 5.73. The topological polar surface area (TPSA) is 128 Å². The summed E-state index contributed by atoms with van der Waals surface area (Å²) < 4.78 is 27.4. The smallest absolute Gasteiger partial charge is 0.340 e. The third kappa shape index (κ3) is 5.24. The van der Waals surface area contributed by atoms with E-state index in [0.717, 1.165) is 0 Å². The highest BCUT2D eigenvalue weighted by atomic mass is 35.5. The van der Waals surface area contributed by atoms with Crippen LogP contribution in [0.5, 0.6) is 0 Å². The van der Waals surface area contributed by atoms with E-state index >= 15 is 0 Å². The van der Waals surface area contributed by atoms with Crippen LogP contribution in [-0.4, -0.2) is 31.4 Å². The van der Waals surface area contributed by atoms with Crippen molar-refractivity contribution in [2.45, 2.75) is 17.9 Å². The summed E-state index contributed by atoms with van der Waals surface area (Å²) in [6.45, 7) is 1.40. The number of anilines is 1. The Balaban J connectivity index is 1.98. The molecule has 0 unspecified atom stereocenters. The molecular formula is C15H14ClN3O5S. The summed E-state index contributed by atoms with van der Waals surface area (Å²) in [6.07, 6.45) is 0.155. The first-order valence-electron chi connectivity index (χ1n) is 6.93. The van der Waals surface area contributed by atoms with Gasteiger partial charge in [-0.15, -0.1) is 0 Å². The van der Waals surface area contributed by atoms with Crippen LogP contribution >= 0.6 is 11.6 Å². The molecule has 2 rings (SSSR count). The summed E-state index contributed by atoms with van der Waals surface area (Å²) in [5.74, 6) is -1.31. The van der Waals surface area contributed by atoms with Crippen molar-refractivity contribution in [1.82, 2.24) is 4.98 Å². The molecule has 1 atom stereocenters. The predicted octanol–water partition coefficient (Wildman–Crippen LogP) is 1.57. The molecule has 0 saturated carbocycles. The van der Waals surface area contributed by atoms with Gasteiger partial charge in [0.05, 0.1) is 10.5 Å². The lowest BCUT2D eigenvalue weighted by molar-refractivity contribution is -0.123. The highest BCUT2D eigenvalue weighted by Gasteiger charge is 2.19. The number of carbonyl (C=O) groups excluding carboxylic acids is 2. The summed E-state index contributed by atoms with van der Waals surface area (Å²) in [6, 6.07) is 8.09. The number of ether oxygens (including phenoxy) is 1. The maximum absolute atomic E-state index is 12.0. The molecule has 2 aromatic rings. The monoisotopic (exact) mass is 383 g/mol. The van der Waals surface area contributed by atoms with E-state index in [-0.39, 0.29) is 15.6 Å². The average molecular weight is 384 g/mol. The fraction of sp³-hybridized carbons (Fsp3) is 0.133. The second-order valence-corrected chi connectivity index (χ2v) is 6.92. The number of pyridine rings is 1. The minimum absolute atomic E-state index is 0.0831. The van der Waals surface area contributed by atoms with Gasteiger partial charge in [-0.05, 0) is 43.3 Å². The molecular weight excluding hydrogens is 370 g/mol. The lowest BCUT2D eigenvalue weighted by atomic mass is 10.2. The molecule has 1 heterocycles. The number of nitrogens with one attached hydrogen (secondary N) is 1. The molecule has 132 valence electrons. The van der Waals surface area contributed by atoms with Crippen LogP contribution in [0, 0.1) is 0 Å². The van der Waals surface area contributed by atoms with Crippen LogP contribution in [0.2, 0.25) is 5.15 Å². The van der Waals surface area contributed by atoms with Gasteiger partial charge in [0.15, 0.2) is 6.10 Å². The molecule has 0 bridgehead atoms. The highest BCUT2D eigenvalue weighted by Crippen LogP contribution is 2.14. The zero-order chi connectivity index (χ0) is 18.6. The van der Waals surface area contributed by atoms with Crippen molar-refractivity contribution in [3.05, 3.63) is 53.3 Å². The Morgan fingerprint density at radius 3 is 2.36 bits per heavy atom. The molecule has 10 heteroatoms. The first kappa shape index (κ1) is 18.8. The number of primary sulfonamides is 1. The first-order valence-corrected chi connectivity index (χ1v) is 8.85. The maximum atomic E-state index is 12.0. The quantitative estimate of drug-likeness (QED) is 0.595. The second-order valence-electron chi connectivity index (χ2n) is 4.98. The van der Waals surface area contributed by atoms with E-state index in [0.29, 0.717) is 5.69 Å². The Morgan fingerprint density at radius 2 is 1.84 bits per heavy atom. The van der Waals surface area contributed by atoms with Crippen LogP contribution < -0.4 is 10.5 Å². The first-order chi connectivity index (χ1) is 11.7. The number of nitrogens with two attached hydrogens (primary N) is 1. The summed E-state index contributed by atoms with van der Waals surface area (Å²) in [5.41, 5.74) is 0.481. The number of nitrogens with zero attached hydrogens (tertiary/aromatic N) is 1. The fourth-order valence-corrected chi connectivity index (χ4v) is 2.38. The normalized spacial score (nSPS) is 12.3. The molecule has 1 aromatic carbocycles. The summed E-state index contributed by atoms with van der Waals surface area (Å²) in [4.78, 5) is 27.6. The molecule has 0 fully saturated rings. The number of aromatic nitrogens is 1. The molecule has 0 radical (unpaired) electrons. The van der Waals surface area contributed by atoms with Crippen LogP contribution in [0.4, 0.5) is 5.69 Å². The largest absolute Gasteiger partial charge is 0.449 e. The fourth-order valence-electron chi connectivity index (χ4n) is 1.75. The molecule has 0 spiro atoms. The Labute approximate surface area is 149 Å². The van der Waals surface area contributed by atoms with Crippen molar-refractivity contribution in [3.63, 3.8) is 0 Å². The molecule has 1 aromatic heterocycles. The van der Waals surface area contributed by atoms with Gasteiger partial charge in [-0.2, -0.15) is 0 Å². The van der Waals surface area contributed by atoms with Gasteiger partial charge in [-0.25, -0.2) is 23.3 Å². The van der Waals surface area contributed by atoms with E-state index in [1.807, 2.05) is 0 Å². The average Bonchev–Trinajstić information content (AvgIpc) is 2.55. The Bertz CT molecular complexity index is 882. The minimum Gasteiger partial charge on any atom is -0.449 e. The molecule has 1 amide bonds. The number of halogens is 1. The van der Waals surface area contributed by atoms with Gasteiger partial charge in [0.2, 0.25) is 10.0 Å². The third-order valence-electron chi connectivity index (χ3n) is 3.07. The number of benzene rings is 1. The van der Waals surface area contributed by atoms with Crippen LogP contribution in [0.25, 0.3) is 0 Å². The predicted molar refractivity (Wildman–Crippen MR) is 90.6 cm³/mol. The van der Waals surface area contributed by atoms with Crippen molar-refractivity contribution >= 4 is 39.2 Å². The Hall–Kier alpha value is -2.49. The standard InChI is InChI=1S/C15H14ClN3O5S/c1-9(24-15(21)10-2-7-13(16)18-8-10)14(20)19-11-3-5-12(6-4-11)25(17,22)23/h2-9H,1H3,(H,19,20)(H2,17,22,23)/t9-/m1/s1. The van der Waals surface area contributed by atoms with Gasteiger partial charge in [-0.1, -0.05) is 11.6 Å². The van der Waals surface area contributed by atoms with Gasteiger partial charge in [0.25, 0.3) is 5.91 Å². The van der Waals surface area contributed by atoms with Crippen LogP contribution in [0.3, 0.4) is 0 Å². The van der Waals surface area contributed by atoms with E-state index in [4.69, 9.17) is 21.5 Å².